The summed E-state index contributed by atoms with van der Waals surface area (Å²) in [5.41, 5.74) is -0.593. The summed E-state index contributed by atoms with van der Waals surface area (Å²) in [7, 11) is 2.90. The number of alkyl halides is 3. The van der Waals surface area contributed by atoms with E-state index in [-0.39, 0.29) is 18.5 Å². The van der Waals surface area contributed by atoms with Crippen molar-refractivity contribution in [1.82, 2.24) is 9.80 Å². The van der Waals surface area contributed by atoms with Crippen LogP contribution in [0.1, 0.15) is 60.9 Å². The number of phenols is 1. The molecule has 10 nitrogen and oxygen atoms in total. The standard InChI is InChI=1S/C37H42F3N3O7/c1-35(2,21-8-6-5-7-9-21)17-43(15-18-10-11-18)16-20-14-24(44)26-22(28(20)37(38,39)40)12-19-13-23-29(42(3)4)31(46)27(34(41)49)33(48)36(23,50)32(47)25(19)30(26)45/h5-9,14,18-19,23,29,44-45,48,50H,10-13,15-17H2,1-4H3,(H2,41,49)/t19-,23-,29-,36-/m0/s1. The highest BCUT2D eigenvalue weighted by Gasteiger charge is 2.64. The number of amides is 1. The van der Waals surface area contributed by atoms with Crippen LogP contribution < -0.4 is 5.73 Å². The number of Topliss-reactive ketones (excluding diaryl/α,β-unsaturated/α-hetero) is 2. The van der Waals surface area contributed by atoms with Crippen LogP contribution >= 0.6 is 0 Å². The van der Waals surface area contributed by atoms with Gasteiger partial charge < -0.3 is 26.2 Å². The highest BCUT2D eigenvalue weighted by atomic mass is 19.4. The van der Waals surface area contributed by atoms with Crippen molar-refractivity contribution >= 4 is 23.2 Å². The molecule has 13 heteroatoms. The lowest BCUT2D eigenvalue weighted by Gasteiger charge is -2.50. The van der Waals surface area contributed by atoms with E-state index < -0.39 is 104 Å². The number of ketones is 2. The maximum Gasteiger partial charge on any atom is 0.417 e. The molecule has 4 aliphatic carbocycles. The van der Waals surface area contributed by atoms with Crippen LogP contribution in [0.3, 0.4) is 0 Å². The molecule has 0 saturated heterocycles. The number of likely N-dealkylation sites (N-methyl/N-ethyl adjacent to an activating group) is 1. The van der Waals surface area contributed by atoms with Crippen LogP contribution in [0.4, 0.5) is 13.2 Å². The molecule has 0 radical (unpaired) electrons. The maximum atomic E-state index is 15.2. The minimum Gasteiger partial charge on any atom is -0.508 e. The predicted molar refractivity (Wildman–Crippen MR) is 177 cm³/mol. The lowest BCUT2D eigenvalue weighted by atomic mass is 9.57. The molecule has 50 heavy (non-hydrogen) atoms. The van der Waals surface area contributed by atoms with Crippen molar-refractivity contribution < 1.29 is 48.0 Å². The first-order valence-electron chi connectivity index (χ1n) is 16.7. The molecule has 0 spiro atoms. The van der Waals surface area contributed by atoms with Crippen molar-refractivity contribution in [2.24, 2.45) is 23.5 Å². The number of fused-ring (bicyclic) bond motifs is 3. The average Bonchev–Trinajstić information content (AvgIpc) is 3.82. The van der Waals surface area contributed by atoms with Gasteiger partial charge in [-0.25, -0.2) is 0 Å². The van der Waals surface area contributed by atoms with Crippen LogP contribution in [0, 0.1) is 17.8 Å². The molecule has 268 valence electrons. The fourth-order valence-corrected chi connectivity index (χ4v) is 8.49. The molecule has 1 amide bonds. The molecule has 0 heterocycles. The third-order valence-corrected chi connectivity index (χ3v) is 10.9. The van der Waals surface area contributed by atoms with Crippen LogP contribution in [0.2, 0.25) is 0 Å². The van der Waals surface area contributed by atoms with Gasteiger partial charge in [-0.2, -0.15) is 13.2 Å². The number of rotatable bonds is 9. The number of benzene rings is 2. The second-order valence-electron chi connectivity index (χ2n) is 15.1. The molecule has 2 aromatic carbocycles. The number of carbonyl (C=O) groups is 3. The van der Waals surface area contributed by atoms with E-state index in [9.17, 15) is 34.8 Å². The minimum absolute atomic E-state index is 0.141. The Morgan fingerprint density at radius 2 is 1.70 bits per heavy atom. The number of phenolic OH excluding ortho intramolecular Hbond substituents is 1. The van der Waals surface area contributed by atoms with Crippen LogP contribution in [0.5, 0.6) is 5.75 Å². The van der Waals surface area contributed by atoms with Gasteiger partial charge in [0.15, 0.2) is 11.4 Å². The first-order valence-corrected chi connectivity index (χ1v) is 16.7. The monoisotopic (exact) mass is 697 g/mol. The summed E-state index contributed by atoms with van der Waals surface area (Å²) in [6.07, 6.45) is -3.75. The van der Waals surface area contributed by atoms with E-state index in [4.69, 9.17) is 5.73 Å². The Bertz CT molecular complexity index is 1830. The fraction of sp³-hybridized carbons (Fsp3) is 0.486. The van der Waals surface area contributed by atoms with Crippen molar-refractivity contribution in [3.05, 3.63) is 81.1 Å². The summed E-state index contributed by atoms with van der Waals surface area (Å²) < 4.78 is 45.6. The Morgan fingerprint density at radius 3 is 2.26 bits per heavy atom. The predicted octanol–water partition coefficient (Wildman–Crippen LogP) is 4.17. The first kappa shape index (κ1) is 35.6. The molecule has 0 aliphatic heterocycles. The Kier molecular flexibility index (Phi) is 8.72. The molecule has 0 aromatic heterocycles. The van der Waals surface area contributed by atoms with Gasteiger partial charge in [0.05, 0.1) is 17.2 Å². The number of primary amides is 1. The summed E-state index contributed by atoms with van der Waals surface area (Å²) >= 11 is 0. The van der Waals surface area contributed by atoms with Crippen molar-refractivity contribution in [2.45, 2.75) is 69.3 Å². The second kappa shape index (κ2) is 12.2. The molecule has 2 saturated carbocycles. The van der Waals surface area contributed by atoms with Crippen LogP contribution in [0.15, 0.2) is 53.3 Å². The zero-order chi connectivity index (χ0) is 36.7. The van der Waals surface area contributed by atoms with Gasteiger partial charge in [0.25, 0.3) is 5.91 Å². The third-order valence-electron chi connectivity index (χ3n) is 10.9. The topological polar surface area (TPSA) is 165 Å². The number of nitrogens with zero attached hydrogens (tertiary/aromatic N) is 2. The molecule has 0 bridgehead atoms. The Hall–Kier alpha value is -4.20. The Morgan fingerprint density at radius 1 is 1.06 bits per heavy atom. The van der Waals surface area contributed by atoms with Crippen molar-refractivity contribution in [2.75, 3.05) is 27.2 Å². The highest BCUT2D eigenvalue weighted by Crippen LogP contribution is 2.54. The highest BCUT2D eigenvalue weighted by molar-refractivity contribution is 6.24. The van der Waals surface area contributed by atoms with E-state index in [0.717, 1.165) is 24.5 Å². The summed E-state index contributed by atoms with van der Waals surface area (Å²) in [5.74, 6) is -8.70. The van der Waals surface area contributed by atoms with E-state index in [1.165, 1.54) is 19.0 Å². The molecular weight excluding hydrogens is 655 g/mol. The van der Waals surface area contributed by atoms with Gasteiger partial charge in [0, 0.05) is 36.5 Å². The number of nitrogens with two attached hydrogens (primary N) is 1. The minimum atomic E-state index is -4.92. The third kappa shape index (κ3) is 5.78. The largest absolute Gasteiger partial charge is 0.508 e. The van der Waals surface area contributed by atoms with Gasteiger partial charge in [-0.05, 0) is 74.4 Å². The summed E-state index contributed by atoms with van der Waals surface area (Å²) in [6, 6.07) is 9.30. The number of aliphatic hydroxyl groups excluding tert-OH is 2. The molecule has 4 atom stereocenters. The van der Waals surface area contributed by atoms with Gasteiger partial charge in [0.2, 0.25) is 5.78 Å². The summed E-state index contributed by atoms with van der Waals surface area (Å²) in [4.78, 5) is 43.0. The molecule has 6 N–H and O–H groups in total. The molecule has 2 fully saturated rings. The van der Waals surface area contributed by atoms with Gasteiger partial charge in [0.1, 0.15) is 22.8 Å². The summed E-state index contributed by atoms with van der Waals surface area (Å²) in [5, 5.41) is 45.6. The number of aliphatic hydroxyl groups is 3. The second-order valence-corrected chi connectivity index (χ2v) is 15.1. The number of hydrogen-bond acceptors (Lipinski definition) is 9. The van der Waals surface area contributed by atoms with E-state index in [1.54, 1.807) is 0 Å². The van der Waals surface area contributed by atoms with Gasteiger partial charge in [-0.15, -0.1) is 0 Å². The lowest BCUT2D eigenvalue weighted by Crippen LogP contribution is -2.65. The zero-order valence-corrected chi connectivity index (χ0v) is 28.3. The number of hydrogen-bond donors (Lipinski definition) is 5. The van der Waals surface area contributed by atoms with E-state index in [1.807, 2.05) is 49.1 Å². The average molecular weight is 698 g/mol. The maximum absolute atomic E-state index is 15.2. The lowest BCUT2D eigenvalue weighted by molar-refractivity contribution is -0.153. The Labute approximate surface area is 287 Å². The van der Waals surface area contributed by atoms with Crippen LogP contribution in [-0.4, -0.2) is 86.5 Å². The number of halogens is 3. The number of aromatic hydroxyl groups is 1. The van der Waals surface area contributed by atoms with Crippen molar-refractivity contribution in [3.8, 4) is 5.75 Å². The molecule has 0 unspecified atom stereocenters. The van der Waals surface area contributed by atoms with E-state index in [0.29, 0.717) is 19.0 Å². The smallest absolute Gasteiger partial charge is 0.417 e. The SMILES string of the molecule is CN(C)[C@@H]1C(=O)C(C(N)=O)=C(O)[C@@]2(O)C(=O)C3=C(O)c4c(O)cc(CN(CC5CC5)CC(C)(C)c5ccccc5)c(C(F)(F)F)c4C[C@H]3C[C@@H]12. The normalized spacial score (nSPS) is 25.6. The zero-order valence-electron chi connectivity index (χ0n) is 28.3. The summed E-state index contributed by atoms with van der Waals surface area (Å²) in [6.45, 7) is 4.90. The van der Waals surface area contributed by atoms with E-state index in [2.05, 4.69) is 0 Å². The van der Waals surface area contributed by atoms with E-state index >= 15 is 13.2 Å². The van der Waals surface area contributed by atoms with Gasteiger partial charge >= 0.3 is 6.18 Å². The molecular formula is C37H42F3N3O7. The quantitative estimate of drug-likeness (QED) is 0.242. The molecule has 4 aliphatic rings. The number of carbonyl (C=O) groups excluding carboxylic acids is 3. The van der Waals surface area contributed by atoms with Crippen molar-refractivity contribution in [3.63, 3.8) is 0 Å². The van der Waals surface area contributed by atoms with Gasteiger partial charge in [-0.3, -0.25) is 24.2 Å². The molecule has 6 rings (SSSR count). The molecule has 2 aromatic rings. The van der Waals surface area contributed by atoms with Crippen molar-refractivity contribution in [1.29, 1.82) is 0 Å². The Balaban J connectivity index is 1.47. The van der Waals surface area contributed by atoms with Gasteiger partial charge in [-0.1, -0.05) is 44.2 Å². The van der Waals surface area contributed by atoms with Crippen LogP contribution in [0.25, 0.3) is 5.76 Å². The first-order chi connectivity index (χ1) is 23.3. The fourth-order valence-electron chi connectivity index (χ4n) is 8.49. The van der Waals surface area contributed by atoms with Crippen LogP contribution in [-0.2, 0) is 38.9 Å².